The van der Waals surface area contributed by atoms with Crippen molar-refractivity contribution in [3.8, 4) is 0 Å². The Bertz CT molecular complexity index is 1580. The molecular formula is C74H139N2O6P. The second-order valence-corrected chi connectivity index (χ2v) is 27.0. The van der Waals surface area contributed by atoms with E-state index >= 15 is 0 Å². The van der Waals surface area contributed by atoms with Crippen molar-refractivity contribution in [2.24, 2.45) is 0 Å². The summed E-state index contributed by atoms with van der Waals surface area (Å²) in [5.74, 6) is -0.167. The van der Waals surface area contributed by atoms with E-state index in [1.54, 1.807) is 0 Å². The number of rotatable bonds is 66. The standard InChI is InChI=1S/C74H139N2O6P/c1-6-8-10-12-14-16-18-20-22-24-26-28-30-32-34-36-37-38-40-41-43-45-47-49-51-53-55-57-59-61-63-65-67-73(77)72(71-82-83(79,80)81-70-69-76(3,4)5)75-74(78)68-66-64-62-60-58-56-54-52-50-48-46-44-42-39-35-33-31-29-27-25-23-21-19-17-15-13-11-9-7-2/h9,11,15,17,21,23,27,29,33,35,42,44,72-73,77H,6-8,10,12-14,16,18-20,22,24-26,28,30-32,34,36-41,43,45-71H2,1-5H3,(H-,75,78,79,80)/b11-9-,17-15-,23-21-,29-27-,35-33-,44-42-. The quantitative estimate of drug-likeness (QED) is 0.0272. The van der Waals surface area contributed by atoms with Crippen LogP contribution in [0, 0.1) is 0 Å². The molecule has 0 aromatic heterocycles. The predicted molar refractivity (Wildman–Crippen MR) is 362 cm³/mol. The maximum Gasteiger partial charge on any atom is 0.268 e. The van der Waals surface area contributed by atoms with E-state index in [9.17, 15) is 19.4 Å². The number of unbranched alkanes of at least 4 members (excludes halogenated alkanes) is 41. The van der Waals surface area contributed by atoms with Crippen molar-refractivity contribution in [3.05, 3.63) is 72.9 Å². The molecule has 0 rings (SSSR count). The van der Waals surface area contributed by atoms with Crippen LogP contribution < -0.4 is 10.2 Å². The highest BCUT2D eigenvalue weighted by atomic mass is 31.2. The number of hydrogen-bond acceptors (Lipinski definition) is 6. The van der Waals surface area contributed by atoms with E-state index in [2.05, 4.69) is 92.1 Å². The number of phosphoric ester groups is 1. The minimum absolute atomic E-state index is 0.00921. The number of nitrogens with one attached hydrogen (secondary N) is 1. The van der Waals surface area contributed by atoms with Crippen LogP contribution in [0.15, 0.2) is 72.9 Å². The molecule has 0 aromatic rings. The minimum atomic E-state index is -4.59. The molecule has 3 unspecified atom stereocenters. The number of phosphoric acid groups is 1. The smallest absolute Gasteiger partial charge is 0.268 e. The van der Waals surface area contributed by atoms with Crippen molar-refractivity contribution >= 4 is 13.7 Å². The molecule has 0 saturated carbocycles. The molecule has 3 atom stereocenters. The number of likely N-dealkylation sites (N-methyl/N-ethyl adjacent to an activating group) is 1. The summed E-state index contributed by atoms with van der Waals surface area (Å²) < 4.78 is 23.5. The van der Waals surface area contributed by atoms with Crippen LogP contribution in [0.5, 0.6) is 0 Å². The minimum Gasteiger partial charge on any atom is -0.756 e. The van der Waals surface area contributed by atoms with Gasteiger partial charge in [0, 0.05) is 6.42 Å². The molecule has 83 heavy (non-hydrogen) atoms. The van der Waals surface area contributed by atoms with Gasteiger partial charge in [-0.15, -0.1) is 0 Å². The van der Waals surface area contributed by atoms with Crippen LogP contribution in [-0.2, 0) is 18.4 Å². The van der Waals surface area contributed by atoms with Crippen molar-refractivity contribution < 1.29 is 32.9 Å². The van der Waals surface area contributed by atoms with Crippen molar-refractivity contribution in [3.63, 3.8) is 0 Å². The molecule has 1 amide bonds. The highest BCUT2D eigenvalue weighted by Gasteiger charge is 2.24. The van der Waals surface area contributed by atoms with Gasteiger partial charge in [0.15, 0.2) is 0 Å². The van der Waals surface area contributed by atoms with Gasteiger partial charge in [0.25, 0.3) is 7.82 Å². The number of allylic oxidation sites excluding steroid dienone is 12. The van der Waals surface area contributed by atoms with Gasteiger partial charge >= 0.3 is 0 Å². The van der Waals surface area contributed by atoms with E-state index in [1.165, 1.54) is 231 Å². The van der Waals surface area contributed by atoms with Gasteiger partial charge in [-0.2, -0.15) is 0 Å². The van der Waals surface area contributed by atoms with Crippen LogP contribution in [0.1, 0.15) is 341 Å². The molecule has 0 aliphatic heterocycles. The highest BCUT2D eigenvalue weighted by molar-refractivity contribution is 7.45. The van der Waals surface area contributed by atoms with E-state index in [4.69, 9.17) is 9.05 Å². The maximum absolute atomic E-state index is 13.1. The average Bonchev–Trinajstić information content (AvgIpc) is 3.50. The summed E-state index contributed by atoms with van der Waals surface area (Å²) in [6, 6.07) is -0.809. The van der Waals surface area contributed by atoms with Gasteiger partial charge in [-0.25, -0.2) is 0 Å². The number of aliphatic hydroxyl groups excluding tert-OH is 1. The van der Waals surface area contributed by atoms with E-state index in [-0.39, 0.29) is 19.1 Å². The van der Waals surface area contributed by atoms with Crippen LogP contribution in [-0.4, -0.2) is 68.5 Å². The Labute approximate surface area is 516 Å². The molecule has 0 bridgehead atoms. The number of nitrogens with zero attached hydrogens (tertiary/aromatic N) is 1. The van der Waals surface area contributed by atoms with Crippen LogP contribution in [0.25, 0.3) is 0 Å². The number of quaternary nitrogens is 1. The lowest BCUT2D eigenvalue weighted by Gasteiger charge is -2.30. The molecule has 0 saturated heterocycles. The van der Waals surface area contributed by atoms with Gasteiger partial charge in [-0.3, -0.25) is 9.36 Å². The second kappa shape index (κ2) is 64.4. The zero-order valence-corrected chi connectivity index (χ0v) is 56.5. The molecule has 0 radical (unpaired) electrons. The molecule has 0 heterocycles. The summed E-state index contributed by atoms with van der Waals surface area (Å²) in [5, 5.41) is 14.1. The lowest BCUT2D eigenvalue weighted by Crippen LogP contribution is -2.46. The molecule has 8 nitrogen and oxygen atoms in total. The van der Waals surface area contributed by atoms with E-state index in [0.29, 0.717) is 23.9 Å². The molecule has 0 aliphatic carbocycles. The lowest BCUT2D eigenvalue weighted by atomic mass is 10.0. The maximum atomic E-state index is 13.1. The number of hydrogen-bond donors (Lipinski definition) is 2. The molecular weight excluding hydrogens is 1040 g/mol. The van der Waals surface area contributed by atoms with Gasteiger partial charge in [0.2, 0.25) is 5.91 Å². The zero-order valence-electron chi connectivity index (χ0n) is 55.6. The normalized spacial score (nSPS) is 14.1. The van der Waals surface area contributed by atoms with Crippen molar-refractivity contribution in [1.29, 1.82) is 0 Å². The monoisotopic (exact) mass is 1180 g/mol. The van der Waals surface area contributed by atoms with Crippen LogP contribution in [0.3, 0.4) is 0 Å². The summed E-state index contributed by atoms with van der Waals surface area (Å²) in [6.45, 7) is 4.64. The van der Waals surface area contributed by atoms with Gasteiger partial charge in [0.05, 0.1) is 39.9 Å². The topological polar surface area (TPSA) is 108 Å². The Morgan fingerprint density at radius 3 is 1.07 bits per heavy atom. The third-order valence-electron chi connectivity index (χ3n) is 16.2. The fourth-order valence-corrected chi connectivity index (χ4v) is 11.4. The van der Waals surface area contributed by atoms with E-state index in [1.807, 2.05) is 21.1 Å². The Morgan fingerprint density at radius 2 is 0.735 bits per heavy atom. The fraction of sp³-hybridized carbons (Fsp3) is 0.824. The van der Waals surface area contributed by atoms with Crippen LogP contribution in [0.2, 0.25) is 0 Å². The summed E-state index contributed by atoms with van der Waals surface area (Å²) in [5.41, 5.74) is 0. The zero-order chi connectivity index (χ0) is 60.5. The first-order valence-corrected chi connectivity index (χ1v) is 37.2. The average molecular weight is 1180 g/mol. The summed E-state index contributed by atoms with van der Waals surface area (Å²) in [4.78, 5) is 25.7. The first-order chi connectivity index (χ1) is 40.5. The second-order valence-electron chi connectivity index (χ2n) is 25.6. The molecule has 9 heteroatoms. The van der Waals surface area contributed by atoms with Crippen molar-refractivity contribution in [2.45, 2.75) is 353 Å². The van der Waals surface area contributed by atoms with Crippen molar-refractivity contribution in [2.75, 3.05) is 40.9 Å². The molecule has 0 spiro atoms. The first-order valence-electron chi connectivity index (χ1n) is 35.8. The predicted octanol–water partition coefficient (Wildman–Crippen LogP) is 22.3. The van der Waals surface area contributed by atoms with Crippen molar-refractivity contribution in [1.82, 2.24) is 5.32 Å². The molecule has 0 aromatic carbocycles. The summed E-state index contributed by atoms with van der Waals surface area (Å²) in [6.07, 6.45) is 89.8. The molecule has 2 N–H and O–H groups in total. The number of carbonyl (C=O) groups excluding carboxylic acids is 1. The third kappa shape index (κ3) is 67.3. The molecule has 486 valence electrons. The molecule has 0 aliphatic rings. The van der Waals surface area contributed by atoms with Gasteiger partial charge in [-0.1, -0.05) is 344 Å². The Hall–Kier alpha value is -2.06. The van der Waals surface area contributed by atoms with E-state index in [0.717, 1.165) is 83.5 Å². The van der Waals surface area contributed by atoms with Gasteiger partial charge in [-0.05, 0) is 64.2 Å². The Balaban J connectivity index is 4.04. The number of amides is 1. The van der Waals surface area contributed by atoms with Crippen LogP contribution in [0.4, 0.5) is 0 Å². The van der Waals surface area contributed by atoms with E-state index < -0.39 is 20.0 Å². The first kappa shape index (κ1) is 80.9. The lowest BCUT2D eigenvalue weighted by molar-refractivity contribution is -0.870. The van der Waals surface area contributed by atoms with Gasteiger partial charge < -0.3 is 28.8 Å². The Morgan fingerprint density at radius 1 is 0.434 bits per heavy atom. The highest BCUT2D eigenvalue weighted by Crippen LogP contribution is 2.38. The largest absolute Gasteiger partial charge is 0.756 e. The third-order valence-corrected chi connectivity index (χ3v) is 17.2. The number of carbonyl (C=O) groups is 1. The summed E-state index contributed by atoms with van der Waals surface area (Å²) in [7, 11) is 1.31. The van der Waals surface area contributed by atoms with Crippen LogP contribution >= 0.6 is 7.82 Å². The fourth-order valence-electron chi connectivity index (χ4n) is 10.7. The van der Waals surface area contributed by atoms with Gasteiger partial charge in [0.1, 0.15) is 13.2 Å². The SMILES string of the molecule is CC/C=C\C/C=C\C/C=C\C/C=C\C/C=C\C/C=C\CCCCCCCCCCCCC(=O)NC(COP(=O)([O-])OCC[N+](C)(C)C)C(O)CCCCCCCCCCCCCCCCCCCCCCCCCCCCCCCCCC. The summed E-state index contributed by atoms with van der Waals surface area (Å²) >= 11 is 0. The molecule has 0 fully saturated rings. The Kier molecular flexibility index (Phi) is 62.8. The number of aliphatic hydroxyl groups is 1.